The fourth-order valence-electron chi connectivity index (χ4n) is 3.89. The molecule has 4 rings (SSSR count). The highest BCUT2D eigenvalue weighted by atomic mass is 32.2. The van der Waals surface area contributed by atoms with E-state index in [1.54, 1.807) is 6.20 Å². The van der Waals surface area contributed by atoms with Gasteiger partial charge in [-0.2, -0.15) is 5.26 Å². The van der Waals surface area contributed by atoms with Gasteiger partial charge in [0.15, 0.2) is 0 Å². The summed E-state index contributed by atoms with van der Waals surface area (Å²) in [4.78, 5) is 27.4. The lowest BCUT2D eigenvalue weighted by atomic mass is 10.1. The quantitative estimate of drug-likeness (QED) is 0.775. The van der Waals surface area contributed by atoms with Crippen LogP contribution in [0.4, 0.5) is 5.82 Å². The van der Waals surface area contributed by atoms with Gasteiger partial charge in [0.25, 0.3) is 0 Å². The van der Waals surface area contributed by atoms with Gasteiger partial charge in [0.2, 0.25) is 11.7 Å². The average molecular weight is 373 g/mol. The Morgan fingerprint density at radius 3 is 2.88 bits per heavy atom. The number of nitrogens with zero attached hydrogens (tertiary/aromatic N) is 6. The van der Waals surface area contributed by atoms with E-state index in [1.165, 1.54) is 0 Å². The van der Waals surface area contributed by atoms with Crippen molar-refractivity contribution >= 4 is 23.5 Å². The van der Waals surface area contributed by atoms with Crippen molar-refractivity contribution in [1.82, 2.24) is 25.1 Å². The molecule has 1 aromatic rings. The number of carbonyl (C=O) groups is 1. The number of rotatable bonds is 3. The molecule has 3 aliphatic heterocycles. The smallest absolute Gasteiger partial charge is 0.240 e. The van der Waals surface area contributed by atoms with Crippen LogP contribution in [0.5, 0.6) is 0 Å². The monoisotopic (exact) mass is 373 g/mol. The van der Waals surface area contributed by atoms with E-state index in [0.717, 1.165) is 63.1 Å². The molecule has 0 saturated carbocycles. The van der Waals surface area contributed by atoms with Crippen LogP contribution in [0.2, 0.25) is 0 Å². The zero-order valence-corrected chi connectivity index (χ0v) is 15.5. The van der Waals surface area contributed by atoms with Crippen LogP contribution in [0.15, 0.2) is 12.3 Å². The molecular weight excluding hydrogens is 350 g/mol. The second kappa shape index (κ2) is 7.78. The first-order chi connectivity index (χ1) is 12.7. The molecule has 26 heavy (non-hydrogen) atoms. The number of hydrogen-bond donors (Lipinski definition) is 1. The second-order valence-corrected chi connectivity index (χ2v) is 7.94. The molecule has 0 bridgehead atoms. The zero-order chi connectivity index (χ0) is 17.9. The Kier molecular flexibility index (Phi) is 5.24. The fraction of sp³-hybridized carbons (Fsp3) is 0.647. The minimum Gasteiger partial charge on any atom is -0.354 e. The predicted octanol–water partition coefficient (Wildman–Crippen LogP) is -0.266. The van der Waals surface area contributed by atoms with Crippen LogP contribution in [0.25, 0.3) is 0 Å². The van der Waals surface area contributed by atoms with E-state index < -0.39 is 0 Å². The molecule has 8 nitrogen and oxygen atoms in total. The number of piperazine rings is 1. The van der Waals surface area contributed by atoms with Crippen molar-refractivity contribution in [3.05, 3.63) is 18.1 Å². The lowest BCUT2D eigenvalue weighted by Crippen LogP contribution is -2.51. The fourth-order valence-corrected chi connectivity index (χ4v) is 4.84. The van der Waals surface area contributed by atoms with Crippen LogP contribution in [-0.4, -0.2) is 88.7 Å². The molecule has 3 saturated heterocycles. The SMILES string of the molecule is N#Cc1nccc(N2CCN([C@@H]3CN[C@H](C(=O)N4CCSC4)C3)CC2)n1. The van der Waals surface area contributed by atoms with Crippen LogP contribution in [-0.2, 0) is 4.79 Å². The highest BCUT2D eigenvalue weighted by molar-refractivity contribution is 7.99. The van der Waals surface area contributed by atoms with Gasteiger partial charge < -0.3 is 15.1 Å². The summed E-state index contributed by atoms with van der Waals surface area (Å²) >= 11 is 1.83. The molecule has 0 unspecified atom stereocenters. The molecule has 0 aromatic carbocycles. The third kappa shape index (κ3) is 3.63. The number of thioether (sulfide) groups is 1. The predicted molar refractivity (Wildman–Crippen MR) is 99.8 cm³/mol. The Morgan fingerprint density at radius 1 is 1.31 bits per heavy atom. The van der Waals surface area contributed by atoms with Crippen molar-refractivity contribution in [2.45, 2.75) is 18.5 Å². The van der Waals surface area contributed by atoms with E-state index in [9.17, 15) is 4.79 Å². The topological polar surface area (TPSA) is 88.4 Å². The van der Waals surface area contributed by atoms with Gasteiger partial charge in [0.05, 0.1) is 11.9 Å². The summed E-state index contributed by atoms with van der Waals surface area (Å²) in [6.07, 6.45) is 2.53. The van der Waals surface area contributed by atoms with Crippen molar-refractivity contribution in [3.63, 3.8) is 0 Å². The normalized spacial score (nSPS) is 26.9. The summed E-state index contributed by atoms with van der Waals surface area (Å²) in [5.41, 5.74) is 0. The molecular formula is C17H23N7OS. The van der Waals surface area contributed by atoms with Crippen LogP contribution >= 0.6 is 11.8 Å². The van der Waals surface area contributed by atoms with Gasteiger partial charge in [-0.3, -0.25) is 9.69 Å². The maximum absolute atomic E-state index is 12.6. The molecule has 9 heteroatoms. The highest BCUT2D eigenvalue weighted by Crippen LogP contribution is 2.22. The maximum atomic E-state index is 12.6. The molecule has 3 fully saturated rings. The minimum atomic E-state index is -0.0308. The van der Waals surface area contributed by atoms with Crippen molar-refractivity contribution in [3.8, 4) is 6.07 Å². The van der Waals surface area contributed by atoms with Crippen molar-refractivity contribution < 1.29 is 4.79 Å². The number of anilines is 1. The molecule has 1 N–H and O–H groups in total. The van der Waals surface area contributed by atoms with Crippen LogP contribution < -0.4 is 10.2 Å². The summed E-state index contributed by atoms with van der Waals surface area (Å²) in [7, 11) is 0. The van der Waals surface area contributed by atoms with Crippen molar-refractivity contribution in [1.29, 1.82) is 5.26 Å². The van der Waals surface area contributed by atoms with E-state index in [-0.39, 0.29) is 17.8 Å². The number of nitriles is 1. The van der Waals surface area contributed by atoms with Gasteiger partial charge in [-0.15, -0.1) is 11.8 Å². The largest absolute Gasteiger partial charge is 0.354 e. The number of aromatic nitrogens is 2. The van der Waals surface area contributed by atoms with Gasteiger partial charge in [-0.1, -0.05) is 0 Å². The summed E-state index contributed by atoms with van der Waals surface area (Å²) in [6, 6.07) is 4.24. The summed E-state index contributed by atoms with van der Waals surface area (Å²) < 4.78 is 0. The third-order valence-corrected chi connectivity index (χ3v) is 6.33. The summed E-state index contributed by atoms with van der Waals surface area (Å²) in [5, 5.41) is 12.4. The molecule has 0 spiro atoms. The van der Waals surface area contributed by atoms with E-state index >= 15 is 0 Å². The maximum Gasteiger partial charge on any atom is 0.240 e. The molecule has 0 aliphatic carbocycles. The van der Waals surface area contributed by atoms with Crippen LogP contribution in [0, 0.1) is 11.3 Å². The summed E-state index contributed by atoms with van der Waals surface area (Å²) in [6.45, 7) is 5.40. The van der Waals surface area contributed by atoms with Gasteiger partial charge in [0.1, 0.15) is 11.9 Å². The van der Waals surface area contributed by atoms with Gasteiger partial charge in [0, 0.05) is 57.3 Å². The highest BCUT2D eigenvalue weighted by Gasteiger charge is 2.36. The Balaban J connectivity index is 1.30. The van der Waals surface area contributed by atoms with E-state index in [4.69, 9.17) is 5.26 Å². The minimum absolute atomic E-state index is 0.0308. The zero-order valence-electron chi connectivity index (χ0n) is 14.7. The first kappa shape index (κ1) is 17.5. The molecule has 1 aromatic heterocycles. The first-order valence-corrected chi connectivity index (χ1v) is 10.2. The molecule has 3 aliphatic rings. The van der Waals surface area contributed by atoms with E-state index in [2.05, 4.69) is 25.1 Å². The number of amides is 1. The first-order valence-electron chi connectivity index (χ1n) is 9.06. The number of hydrogen-bond acceptors (Lipinski definition) is 8. The summed E-state index contributed by atoms with van der Waals surface area (Å²) in [5.74, 6) is 3.19. The number of carbonyl (C=O) groups excluding carboxylic acids is 1. The molecule has 4 heterocycles. The Hall–Kier alpha value is -1.89. The molecule has 1 amide bonds. The number of nitrogens with one attached hydrogen (secondary N) is 1. The third-order valence-electron chi connectivity index (χ3n) is 5.37. The molecule has 0 radical (unpaired) electrons. The lowest BCUT2D eigenvalue weighted by Gasteiger charge is -2.38. The van der Waals surface area contributed by atoms with E-state index in [0.29, 0.717) is 6.04 Å². The Morgan fingerprint density at radius 2 is 2.15 bits per heavy atom. The van der Waals surface area contributed by atoms with Gasteiger partial charge in [-0.25, -0.2) is 9.97 Å². The van der Waals surface area contributed by atoms with E-state index in [1.807, 2.05) is 28.8 Å². The van der Waals surface area contributed by atoms with Gasteiger partial charge in [-0.05, 0) is 12.5 Å². The second-order valence-electron chi connectivity index (χ2n) is 6.86. The van der Waals surface area contributed by atoms with Crippen molar-refractivity contribution in [2.24, 2.45) is 0 Å². The molecule has 138 valence electrons. The molecule has 2 atom stereocenters. The van der Waals surface area contributed by atoms with Crippen molar-refractivity contribution in [2.75, 3.05) is 55.8 Å². The van der Waals surface area contributed by atoms with Crippen LogP contribution in [0.1, 0.15) is 12.2 Å². The average Bonchev–Trinajstić information content (AvgIpc) is 3.40. The Labute approximate surface area is 157 Å². The standard InChI is InChI=1S/C17H23N7OS/c18-10-15-19-2-1-16(21-15)23-5-3-22(4-6-23)13-9-14(20-11-13)17(25)24-7-8-26-12-24/h1-2,13-14,20H,3-9,11-12H2/t13-,14-/m0/s1. The Bertz CT molecular complexity index is 695. The lowest BCUT2D eigenvalue weighted by molar-refractivity contribution is -0.131. The van der Waals surface area contributed by atoms with Crippen LogP contribution in [0.3, 0.4) is 0 Å². The van der Waals surface area contributed by atoms with Gasteiger partial charge >= 0.3 is 0 Å².